The number of hydrogen-bond donors (Lipinski definition) is 2. The van der Waals surface area contributed by atoms with Crippen LogP contribution in [0.1, 0.15) is 41.6 Å². The molecule has 0 unspecified atom stereocenters. The standard InChI is InChI=1S/C18H21ClN4O/c19-15-3-1-2-14(10-15)18(12-20)7-4-16(5-8-18)23-17(24)13-6-9-21-22-11-13/h1-3,6,9-11,16H,4-5,7-8,12,20H2,(H,23,24). The van der Waals surface area contributed by atoms with Crippen molar-refractivity contribution in [3.8, 4) is 0 Å². The lowest BCUT2D eigenvalue weighted by molar-refractivity contribution is 0.0917. The number of carbonyl (C=O) groups excluding carboxylic acids is 1. The minimum atomic E-state index is -0.0992. The number of benzene rings is 1. The lowest BCUT2D eigenvalue weighted by Crippen LogP contribution is -2.45. The van der Waals surface area contributed by atoms with Gasteiger partial charge in [0.2, 0.25) is 0 Å². The summed E-state index contributed by atoms with van der Waals surface area (Å²) >= 11 is 6.14. The highest BCUT2D eigenvalue weighted by Gasteiger charge is 2.36. The third-order valence-electron chi connectivity index (χ3n) is 4.95. The van der Waals surface area contributed by atoms with Crippen molar-refractivity contribution in [1.82, 2.24) is 15.5 Å². The van der Waals surface area contributed by atoms with Crippen molar-refractivity contribution >= 4 is 17.5 Å². The first kappa shape index (κ1) is 16.9. The largest absolute Gasteiger partial charge is 0.349 e. The van der Waals surface area contributed by atoms with Crippen LogP contribution in [0.25, 0.3) is 0 Å². The number of hydrogen-bond acceptors (Lipinski definition) is 4. The quantitative estimate of drug-likeness (QED) is 0.893. The maximum Gasteiger partial charge on any atom is 0.253 e. The molecule has 0 atom stereocenters. The molecule has 1 fully saturated rings. The molecule has 2 aromatic rings. The lowest BCUT2D eigenvalue weighted by atomic mass is 9.68. The third kappa shape index (κ3) is 3.57. The van der Waals surface area contributed by atoms with Crippen LogP contribution in [-0.4, -0.2) is 28.7 Å². The van der Waals surface area contributed by atoms with E-state index < -0.39 is 0 Å². The monoisotopic (exact) mass is 344 g/mol. The Morgan fingerprint density at radius 1 is 1.29 bits per heavy atom. The van der Waals surface area contributed by atoms with E-state index in [1.807, 2.05) is 18.2 Å². The van der Waals surface area contributed by atoms with Crippen LogP contribution in [0.5, 0.6) is 0 Å². The Bertz CT molecular complexity index is 699. The molecule has 0 bridgehead atoms. The second-order valence-corrected chi connectivity index (χ2v) is 6.81. The molecule has 6 heteroatoms. The van der Waals surface area contributed by atoms with Gasteiger partial charge in [0.15, 0.2) is 0 Å². The number of carbonyl (C=O) groups is 1. The van der Waals surface area contributed by atoms with Gasteiger partial charge in [-0.1, -0.05) is 23.7 Å². The molecule has 0 saturated heterocycles. The molecule has 24 heavy (non-hydrogen) atoms. The molecular formula is C18H21ClN4O. The predicted molar refractivity (Wildman–Crippen MR) is 93.9 cm³/mol. The molecule has 3 rings (SSSR count). The van der Waals surface area contributed by atoms with E-state index >= 15 is 0 Å². The van der Waals surface area contributed by atoms with E-state index in [0.29, 0.717) is 12.1 Å². The van der Waals surface area contributed by atoms with Gasteiger partial charge in [-0.05, 0) is 49.4 Å². The summed E-state index contributed by atoms with van der Waals surface area (Å²) in [5, 5.41) is 11.3. The minimum Gasteiger partial charge on any atom is -0.349 e. The molecule has 0 radical (unpaired) electrons. The van der Waals surface area contributed by atoms with E-state index in [1.54, 1.807) is 6.07 Å². The molecular weight excluding hydrogens is 324 g/mol. The highest BCUT2D eigenvalue weighted by Crippen LogP contribution is 2.39. The van der Waals surface area contributed by atoms with Crippen molar-refractivity contribution in [1.29, 1.82) is 0 Å². The number of halogens is 1. The second-order valence-electron chi connectivity index (χ2n) is 6.37. The average molecular weight is 345 g/mol. The van der Waals surface area contributed by atoms with Crippen LogP contribution in [0, 0.1) is 0 Å². The van der Waals surface area contributed by atoms with Crippen LogP contribution < -0.4 is 11.1 Å². The van der Waals surface area contributed by atoms with Gasteiger partial charge in [-0.25, -0.2) is 0 Å². The molecule has 1 aromatic carbocycles. The van der Waals surface area contributed by atoms with E-state index in [1.165, 1.54) is 18.0 Å². The summed E-state index contributed by atoms with van der Waals surface area (Å²) in [5.41, 5.74) is 7.79. The van der Waals surface area contributed by atoms with Crippen LogP contribution >= 0.6 is 11.6 Å². The summed E-state index contributed by atoms with van der Waals surface area (Å²) in [6.45, 7) is 0.586. The van der Waals surface area contributed by atoms with Crippen LogP contribution in [0.2, 0.25) is 5.02 Å². The number of nitrogens with one attached hydrogen (secondary N) is 1. The van der Waals surface area contributed by atoms with Gasteiger partial charge >= 0.3 is 0 Å². The molecule has 1 aromatic heterocycles. The summed E-state index contributed by atoms with van der Waals surface area (Å²) in [6.07, 6.45) is 6.66. The SMILES string of the molecule is NCC1(c2cccc(Cl)c2)CCC(NC(=O)c2ccnnc2)CC1. The van der Waals surface area contributed by atoms with Gasteiger partial charge in [0.25, 0.3) is 5.91 Å². The maximum absolute atomic E-state index is 12.2. The zero-order chi connectivity index (χ0) is 17.0. The van der Waals surface area contributed by atoms with Crippen LogP contribution in [-0.2, 0) is 5.41 Å². The van der Waals surface area contributed by atoms with Crippen molar-refractivity contribution in [3.63, 3.8) is 0 Å². The highest BCUT2D eigenvalue weighted by atomic mass is 35.5. The lowest BCUT2D eigenvalue weighted by Gasteiger charge is -2.40. The van der Waals surface area contributed by atoms with Gasteiger partial charge < -0.3 is 11.1 Å². The van der Waals surface area contributed by atoms with E-state index in [2.05, 4.69) is 21.6 Å². The van der Waals surface area contributed by atoms with Crippen LogP contribution in [0.3, 0.4) is 0 Å². The van der Waals surface area contributed by atoms with E-state index in [4.69, 9.17) is 17.3 Å². The molecule has 1 aliphatic carbocycles. The molecule has 1 saturated carbocycles. The molecule has 0 aliphatic heterocycles. The van der Waals surface area contributed by atoms with Crippen LogP contribution in [0.4, 0.5) is 0 Å². The minimum absolute atomic E-state index is 0.0512. The van der Waals surface area contributed by atoms with Crippen molar-refractivity contribution in [2.75, 3.05) is 6.54 Å². The van der Waals surface area contributed by atoms with Gasteiger partial charge in [0, 0.05) is 23.0 Å². The fourth-order valence-electron chi connectivity index (χ4n) is 3.44. The van der Waals surface area contributed by atoms with Crippen LogP contribution in [0.15, 0.2) is 42.7 Å². The average Bonchev–Trinajstić information content (AvgIpc) is 2.63. The Balaban J connectivity index is 1.65. The first-order valence-electron chi connectivity index (χ1n) is 8.17. The number of nitrogens with two attached hydrogens (primary N) is 1. The van der Waals surface area contributed by atoms with E-state index in [0.717, 1.165) is 30.7 Å². The smallest absolute Gasteiger partial charge is 0.253 e. The summed E-state index contributed by atoms with van der Waals surface area (Å²) in [4.78, 5) is 12.2. The van der Waals surface area contributed by atoms with Crippen molar-refractivity contribution in [2.45, 2.75) is 37.1 Å². The Kier molecular flexibility index (Phi) is 5.11. The van der Waals surface area contributed by atoms with Gasteiger partial charge in [0.05, 0.1) is 18.0 Å². The molecule has 1 heterocycles. The van der Waals surface area contributed by atoms with Crippen molar-refractivity contribution in [2.24, 2.45) is 5.73 Å². The molecule has 1 amide bonds. The fourth-order valence-corrected chi connectivity index (χ4v) is 3.63. The topological polar surface area (TPSA) is 80.9 Å². The number of aromatic nitrogens is 2. The van der Waals surface area contributed by atoms with Gasteiger partial charge in [0.1, 0.15) is 0 Å². The Morgan fingerprint density at radius 2 is 2.08 bits per heavy atom. The first-order valence-corrected chi connectivity index (χ1v) is 8.54. The molecule has 126 valence electrons. The van der Waals surface area contributed by atoms with Gasteiger partial charge in [-0.2, -0.15) is 10.2 Å². The van der Waals surface area contributed by atoms with Gasteiger partial charge in [-0.3, -0.25) is 4.79 Å². The number of amides is 1. The molecule has 1 aliphatic rings. The first-order chi connectivity index (χ1) is 11.6. The normalized spacial score (nSPS) is 23.7. The van der Waals surface area contributed by atoms with Crippen molar-refractivity contribution < 1.29 is 4.79 Å². The Labute approximate surface area is 146 Å². The maximum atomic E-state index is 12.2. The van der Waals surface area contributed by atoms with Crippen molar-refractivity contribution in [3.05, 3.63) is 58.9 Å². The van der Waals surface area contributed by atoms with E-state index in [-0.39, 0.29) is 17.4 Å². The predicted octanol–water partition coefficient (Wildman–Crippen LogP) is 2.70. The second kappa shape index (κ2) is 7.28. The summed E-state index contributed by atoms with van der Waals surface area (Å²) in [7, 11) is 0. The highest BCUT2D eigenvalue weighted by molar-refractivity contribution is 6.30. The Morgan fingerprint density at radius 3 is 2.71 bits per heavy atom. The third-order valence-corrected chi connectivity index (χ3v) is 5.19. The molecule has 0 spiro atoms. The zero-order valence-electron chi connectivity index (χ0n) is 13.4. The Hall–Kier alpha value is -1.98. The molecule has 3 N–H and O–H groups in total. The van der Waals surface area contributed by atoms with Gasteiger partial charge in [-0.15, -0.1) is 0 Å². The zero-order valence-corrected chi connectivity index (χ0v) is 14.2. The fraction of sp³-hybridized carbons (Fsp3) is 0.389. The molecule has 5 nitrogen and oxygen atoms in total. The van der Waals surface area contributed by atoms with E-state index in [9.17, 15) is 4.79 Å². The summed E-state index contributed by atoms with van der Waals surface area (Å²) in [5.74, 6) is -0.0992. The number of nitrogens with zero attached hydrogens (tertiary/aromatic N) is 2. The summed E-state index contributed by atoms with van der Waals surface area (Å²) < 4.78 is 0. The summed E-state index contributed by atoms with van der Waals surface area (Å²) in [6, 6.07) is 9.78. The number of rotatable bonds is 4.